The van der Waals surface area contributed by atoms with Crippen molar-refractivity contribution in [2.45, 2.75) is 33.0 Å². The fourth-order valence-corrected chi connectivity index (χ4v) is 4.09. The molecule has 210 valence electrons. The Balaban J connectivity index is 0.000000194. The van der Waals surface area contributed by atoms with E-state index >= 15 is 0 Å². The molecule has 0 saturated carbocycles. The number of esters is 1. The molecule has 0 unspecified atom stereocenters. The first-order valence-electron chi connectivity index (χ1n) is 13.1. The van der Waals surface area contributed by atoms with E-state index in [0.717, 1.165) is 28.1 Å². The smallest absolute Gasteiger partial charge is 0.310 e. The number of benzene rings is 4. The van der Waals surface area contributed by atoms with Gasteiger partial charge in [-0.05, 0) is 41.8 Å². The van der Waals surface area contributed by atoms with Gasteiger partial charge in [0.1, 0.15) is 24.7 Å². The van der Waals surface area contributed by atoms with E-state index in [1.165, 1.54) is 12.1 Å². The monoisotopic (exact) mass is 554 g/mol. The second-order valence-electron chi connectivity index (χ2n) is 9.12. The maximum absolute atomic E-state index is 11.5. The Morgan fingerprint density at radius 3 is 2.02 bits per heavy atom. The normalized spacial score (nSPS) is 11.4. The summed E-state index contributed by atoms with van der Waals surface area (Å²) in [6.07, 6.45) is 0.331. The third-order valence-electron chi connectivity index (χ3n) is 6.10. The van der Waals surface area contributed by atoms with Crippen molar-refractivity contribution in [3.63, 3.8) is 0 Å². The summed E-state index contributed by atoms with van der Waals surface area (Å²) in [6.45, 7) is 2.78. The van der Waals surface area contributed by atoms with Crippen molar-refractivity contribution in [2.24, 2.45) is 0 Å². The van der Waals surface area contributed by atoms with Crippen molar-refractivity contribution < 1.29 is 28.7 Å². The van der Waals surface area contributed by atoms with Gasteiger partial charge >= 0.3 is 5.97 Å². The van der Waals surface area contributed by atoms with Gasteiger partial charge in [0.2, 0.25) is 5.91 Å². The third kappa shape index (κ3) is 8.66. The average molecular weight is 555 g/mol. The molecule has 1 N–H and O–H groups in total. The summed E-state index contributed by atoms with van der Waals surface area (Å²) in [5.41, 5.74) is 4.15. The number of nitrogens with one attached hydrogen (secondary N) is 1. The molecular formula is C32H30N2O7. The van der Waals surface area contributed by atoms with Crippen LogP contribution in [-0.4, -0.2) is 23.4 Å². The molecule has 0 fully saturated rings. The van der Waals surface area contributed by atoms with E-state index in [9.17, 15) is 19.7 Å². The van der Waals surface area contributed by atoms with Crippen molar-refractivity contribution in [3.05, 3.63) is 129 Å². The van der Waals surface area contributed by atoms with Crippen LogP contribution < -0.4 is 14.8 Å². The van der Waals surface area contributed by atoms with Gasteiger partial charge in [-0.1, -0.05) is 66.7 Å². The lowest BCUT2D eigenvalue weighted by molar-refractivity contribution is -0.385. The Labute approximate surface area is 237 Å². The Kier molecular flexibility index (Phi) is 10.0. The van der Waals surface area contributed by atoms with Crippen molar-refractivity contribution >= 4 is 23.3 Å². The van der Waals surface area contributed by atoms with Crippen LogP contribution in [0.15, 0.2) is 97.1 Å². The zero-order valence-electron chi connectivity index (χ0n) is 22.6. The van der Waals surface area contributed by atoms with Gasteiger partial charge in [-0.2, -0.15) is 0 Å². The van der Waals surface area contributed by atoms with Gasteiger partial charge in [0.25, 0.3) is 5.69 Å². The summed E-state index contributed by atoms with van der Waals surface area (Å²) < 4.78 is 16.1. The summed E-state index contributed by atoms with van der Waals surface area (Å²) in [7, 11) is 0. The van der Waals surface area contributed by atoms with E-state index in [-0.39, 0.29) is 24.6 Å². The molecule has 41 heavy (non-hydrogen) atoms. The maximum Gasteiger partial charge on any atom is 0.310 e. The summed E-state index contributed by atoms with van der Waals surface area (Å²) in [4.78, 5) is 33.4. The van der Waals surface area contributed by atoms with E-state index in [1.54, 1.807) is 13.0 Å². The molecule has 0 spiro atoms. The quantitative estimate of drug-likeness (QED) is 0.144. The zero-order chi connectivity index (χ0) is 29.0. The van der Waals surface area contributed by atoms with Gasteiger partial charge in [0.05, 0.1) is 30.4 Å². The molecular weight excluding hydrogens is 524 g/mol. The first kappa shape index (κ1) is 28.8. The number of ether oxygens (including phenoxy) is 3. The first-order valence-corrected chi connectivity index (χ1v) is 13.1. The van der Waals surface area contributed by atoms with Gasteiger partial charge < -0.3 is 19.5 Å². The molecule has 1 aliphatic rings. The molecule has 1 heterocycles. The number of nitro benzene ring substituents is 1. The number of amides is 1. The van der Waals surface area contributed by atoms with Crippen LogP contribution >= 0.6 is 0 Å². The molecule has 9 nitrogen and oxygen atoms in total. The third-order valence-corrected chi connectivity index (χ3v) is 6.10. The highest BCUT2D eigenvalue weighted by atomic mass is 16.6. The summed E-state index contributed by atoms with van der Waals surface area (Å²) >= 11 is 0. The molecule has 0 saturated heterocycles. The minimum atomic E-state index is -0.524. The van der Waals surface area contributed by atoms with Crippen LogP contribution in [0.4, 0.5) is 11.4 Å². The van der Waals surface area contributed by atoms with Crippen LogP contribution in [0.1, 0.15) is 29.2 Å². The highest BCUT2D eigenvalue weighted by Crippen LogP contribution is 2.28. The average Bonchev–Trinajstić information content (AvgIpc) is 3.36. The van der Waals surface area contributed by atoms with Gasteiger partial charge in [-0.15, -0.1) is 0 Å². The van der Waals surface area contributed by atoms with E-state index < -0.39 is 10.9 Å². The molecule has 0 bridgehead atoms. The summed E-state index contributed by atoms with van der Waals surface area (Å²) in [5.74, 6) is 0.715. The Morgan fingerprint density at radius 1 is 0.854 bits per heavy atom. The van der Waals surface area contributed by atoms with Crippen molar-refractivity contribution in [3.8, 4) is 11.5 Å². The first-order chi connectivity index (χ1) is 19.9. The zero-order valence-corrected chi connectivity index (χ0v) is 22.6. The number of carbonyl (C=O) groups is 2. The van der Waals surface area contributed by atoms with Gasteiger partial charge in [-0.3, -0.25) is 19.7 Å². The fraction of sp³-hybridized carbons (Fsp3) is 0.188. The molecule has 0 aromatic heterocycles. The SMILES string of the molecule is CCOC(=O)Cc1ccc(OCc2ccccc2)cc1[N+](=O)[O-].O=C1Cc2ccc(OCc3ccccc3)cc2N1. The van der Waals surface area contributed by atoms with Crippen LogP contribution in [0, 0.1) is 10.1 Å². The number of hydrogen-bond acceptors (Lipinski definition) is 7. The van der Waals surface area contributed by atoms with E-state index in [2.05, 4.69) is 5.32 Å². The number of nitro groups is 1. The fourth-order valence-electron chi connectivity index (χ4n) is 4.09. The maximum atomic E-state index is 11.5. The predicted molar refractivity (Wildman–Crippen MR) is 154 cm³/mol. The molecule has 0 aliphatic carbocycles. The lowest BCUT2D eigenvalue weighted by atomic mass is 10.1. The van der Waals surface area contributed by atoms with Crippen molar-refractivity contribution in [2.75, 3.05) is 11.9 Å². The highest BCUT2D eigenvalue weighted by Gasteiger charge is 2.19. The molecule has 1 aliphatic heterocycles. The number of fused-ring (bicyclic) bond motifs is 1. The molecule has 5 rings (SSSR count). The topological polar surface area (TPSA) is 117 Å². The van der Waals surface area contributed by atoms with Crippen molar-refractivity contribution in [1.82, 2.24) is 0 Å². The van der Waals surface area contributed by atoms with E-state index in [0.29, 0.717) is 30.9 Å². The molecule has 4 aromatic carbocycles. The van der Waals surface area contributed by atoms with Crippen LogP contribution in [0.25, 0.3) is 0 Å². The number of anilines is 1. The second kappa shape index (κ2) is 14.3. The predicted octanol–water partition coefficient (Wildman–Crippen LogP) is 6.04. The molecule has 1 amide bonds. The van der Waals surface area contributed by atoms with Crippen LogP contribution in [0.5, 0.6) is 11.5 Å². The molecule has 4 aromatic rings. The minimum absolute atomic E-state index is 0.0465. The lowest BCUT2D eigenvalue weighted by Crippen LogP contribution is -2.09. The number of carbonyl (C=O) groups excluding carboxylic acids is 2. The van der Waals surface area contributed by atoms with Crippen LogP contribution in [0.3, 0.4) is 0 Å². The number of hydrogen-bond donors (Lipinski definition) is 1. The van der Waals surface area contributed by atoms with Gasteiger partial charge in [0, 0.05) is 17.3 Å². The molecule has 0 radical (unpaired) electrons. The van der Waals surface area contributed by atoms with Crippen molar-refractivity contribution in [1.29, 1.82) is 0 Å². The number of nitrogens with zero attached hydrogens (tertiary/aromatic N) is 1. The Hall–Kier alpha value is -5.18. The largest absolute Gasteiger partial charge is 0.489 e. The summed E-state index contributed by atoms with van der Waals surface area (Å²) in [6, 6.07) is 29.7. The number of rotatable bonds is 10. The minimum Gasteiger partial charge on any atom is -0.489 e. The van der Waals surface area contributed by atoms with Gasteiger partial charge in [0.15, 0.2) is 0 Å². The van der Waals surface area contributed by atoms with Crippen LogP contribution in [-0.2, 0) is 40.4 Å². The Morgan fingerprint density at radius 2 is 1.44 bits per heavy atom. The molecule has 0 atom stereocenters. The van der Waals surface area contributed by atoms with Crippen LogP contribution in [0.2, 0.25) is 0 Å². The summed E-state index contributed by atoms with van der Waals surface area (Å²) in [5, 5.41) is 14.0. The lowest BCUT2D eigenvalue weighted by Gasteiger charge is -2.08. The van der Waals surface area contributed by atoms with E-state index in [1.807, 2.05) is 78.9 Å². The molecule has 9 heteroatoms. The second-order valence-corrected chi connectivity index (χ2v) is 9.12. The Bertz CT molecular complexity index is 1490. The van der Waals surface area contributed by atoms with E-state index in [4.69, 9.17) is 14.2 Å². The standard InChI is InChI=1S/C17H17NO5.C15H13NO2/c1-2-22-17(19)10-14-8-9-15(11-16(14)18(20)21)23-12-13-6-4-3-5-7-13;17-15-8-12-6-7-13(9-14(12)16-15)18-10-11-4-2-1-3-5-11/h3-9,11H,2,10,12H2,1H3;1-7,9H,8,10H2,(H,16,17). The highest BCUT2D eigenvalue weighted by molar-refractivity contribution is 5.99. The van der Waals surface area contributed by atoms with Gasteiger partial charge in [-0.25, -0.2) is 0 Å².